The van der Waals surface area contributed by atoms with Crippen molar-refractivity contribution < 1.29 is 14.0 Å². The van der Waals surface area contributed by atoms with Crippen molar-refractivity contribution in [3.8, 4) is 5.75 Å². The van der Waals surface area contributed by atoms with Crippen LogP contribution in [0.25, 0.3) is 10.9 Å². The minimum Gasteiger partial charge on any atom is -0.537 e. The summed E-state index contributed by atoms with van der Waals surface area (Å²) in [4.78, 5) is 12.6. The Bertz CT molecular complexity index is 1180. The third kappa shape index (κ3) is 4.45. The van der Waals surface area contributed by atoms with Crippen molar-refractivity contribution in [3.63, 3.8) is 0 Å². The van der Waals surface area contributed by atoms with E-state index in [2.05, 4.69) is 55.2 Å². The first-order valence-corrected chi connectivity index (χ1v) is 12.5. The van der Waals surface area contributed by atoms with Crippen molar-refractivity contribution >= 4 is 36.3 Å². The standard InChI is InChI=1S/C26H28N2O3Si/c1-5-30-25(29)24-23-21(27-28-24)16-18(26(2,3)4)17-22(23)31-32(19-12-8-6-9-13-19)20-14-10-7-11-15-20/h6-17,32H,5H2,1-4H3,(H,27,28). The number of nitrogens with zero attached hydrogens (tertiary/aromatic N) is 1. The number of H-pyrrole nitrogens is 1. The molecule has 1 heterocycles. The highest BCUT2D eigenvalue weighted by atomic mass is 28.3. The van der Waals surface area contributed by atoms with Crippen LogP contribution in [-0.4, -0.2) is 31.8 Å². The van der Waals surface area contributed by atoms with Crippen LogP contribution in [0.5, 0.6) is 5.75 Å². The van der Waals surface area contributed by atoms with Gasteiger partial charge in [-0.2, -0.15) is 5.10 Å². The summed E-state index contributed by atoms with van der Waals surface area (Å²) in [5.74, 6) is 0.207. The quantitative estimate of drug-likeness (QED) is 0.361. The van der Waals surface area contributed by atoms with Gasteiger partial charge in [-0.1, -0.05) is 81.4 Å². The minimum atomic E-state index is -2.10. The Morgan fingerprint density at radius 3 is 2.09 bits per heavy atom. The van der Waals surface area contributed by atoms with Gasteiger partial charge in [0.05, 0.1) is 17.5 Å². The Labute approximate surface area is 190 Å². The van der Waals surface area contributed by atoms with Gasteiger partial charge in [-0.15, -0.1) is 0 Å². The predicted octanol–water partition coefficient (Wildman–Crippen LogP) is 3.95. The Morgan fingerprint density at radius 2 is 1.56 bits per heavy atom. The van der Waals surface area contributed by atoms with Crippen LogP contribution >= 0.6 is 0 Å². The Balaban J connectivity index is 1.90. The SMILES string of the molecule is CCOC(=O)c1n[nH]c2cc(C(C)(C)C)cc(O[SiH](c3ccccc3)c3ccccc3)c12. The van der Waals surface area contributed by atoms with E-state index in [4.69, 9.17) is 9.16 Å². The summed E-state index contributed by atoms with van der Waals surface area (Å²) in [5, 5.41) is 10.3. The molecule has 4 rings (SSSR count). The summed E-state index contributed by atoms with van der Waals surface area (Å²) in [6.07, 6.45) is 0. The molecule has 1 aromatic heterocycles. The molecular formula is C26H28N2O3Si. The molecule has 0 atom stereocenters. The van der Waals surface area contributed by atoms with Crippen molar-refractivity contribution in [2.45, 2.75) is 33.1 Å². The van der Waals surface area contributed by atoms with E-state index >= 15 is 0 Å². The van der Waals surface area contributed by atoms with Crippen molar-refractivity contribution in [2.75, 3.05) is 6.61 Å². The van der Waals surface area contributed by atoms with Gasteiger partial charge in [0.2, 0.25) is 0 Å². The molecule has 0 aliphatic carbocycles. The molecule has 0 spiro atoms. The summed E-state index contributed by atoms with van der Waals surface area (Å²) >= 11 is 0. The van der Waals surface area contributed by atoms with Gasteiger partial charge in [0.15, 0.2) is 5.69 Å². The third-order valence-electron chi connectivity index (χ3n) is 5.41. The first-order chi connectivity index (χ1) is 15.4. The van der Waals surface area contributed by atoms with Gasteiger partial charge >= 0.3 is 5.97 Å². The molecule has 3 aromatic carbocycles. The van der Waals surface area contributed by atoms with Gasteiger partial charge in [-0.05, 0) is 40.4 Å². The van der Waals surface area contributed by atoms with Gasteiger partial charge < -0.3 is 9.16 Å². The number of ether oxygens (including phenoxy) is 1. The van der Waals surface area contributed by atoms with Crippen LogP contribution in [0.3, 0.4) is 0 Å². The maximum atomic E-state index is 12.6. The van der Waals surface area contributed by atoms with Crippen LogP contribution in [0.15, 0.2) is 72.8 Å². The molecule has 0 aliphatic rings. The van der Waals surface area contributed by atoms with E-state index in [0.29, 0.717) is 11.1 Å². The van der Waals surface area contributed by atoms with E-state index in [9.17, 15) is 4.79 Å². The molecule has 0 fully saturated rings. The Morgan fingerprint density at radius 1 is 0.969 bits per heavy atom. The average Bonchev–Trinajstić information content (AvgIpc) is 3.23. The molecule has 0 radical (unpaired) electrons. The number of hydrogen-bond acceptors (Lipinski definition) is 4. The van der Waals surface area contributed by atoms with Crippen molar-refractivity contribution in [3.05, 3.63) is 84.1 Å². The Kier molecular flexibility index (Phi) is 6.14. The molecule has 0 saturated heterocycles. The molecule has 0 unspecified atom stereocenters. The van der Waals surface area contributed by atoms with E-state index in [0.717, 1.165) is 21.5 Å². The largest absolute Gasteiger partial charge is 0.537 e. The number of esters is 1. The molecule has 5 nitrogen and oxygen atoms in total. The molecule has 0 bridgehead atoms. The molecule has 1 N–H and O–H groups in total. The van der Waals surface area contributed by atoms with Crippen LogP contribution < -0.4 is 14.8 Å². The lowest BCUT2D eigenvalue weighted by atomic mass is 9.86. The first-order valence-electron chi connectivity index (χ1n) is 10.8. The van der Waals surface area contributed by atoms with E-state index in [1.165, 1.54) is 0 Å². The fraction of sp³-hybridized carbons (Fsp3) is 0.231. The average molecular weight is 445 g/mol. The zero-order valence-corrected chi connectivity index (χ0v) is 20.0. The molecule has 6 heteroatoms. The highest BCUT2D eigenvalue weighted by Gasteiger charge is 2.26. The lowest BCUT2D eigenvalue weighted by Crippen LogP contribution is -2.47. The fourth-order valence-electron chi connectivity index (χ4n) is 3.70. The van der Waals surface area contributed by atoms with Crippen LogP contribution in [0, 0.1) is 0 Å². The summed E-state index contributed by atoms with van der Waals surface area (Å²) in [7, 11) is -2.10. The second-order valence-corrected chi connectivity index (χ2v) is 11.1. The molecule has 0 saturated carbocycles. The zero-order valence-electron chi connectivity index (χ0n) is 18.9. The van der Waals surface area contributed by atoms with Crippen molar-refractivity contribution in [1.82, 2.24) is 10.2 Å². The van der Waals surface area contributed by atoms with E-state index < -0.39 is 15.0 Å². The number of hydrogen-bond donors (Lipinski definition) is 1. The minimum absolute atomic E-state index is 0.0992. The predicted molar refractivity (Wildman–Crippen MR) is 131 cm³/mol. The maximum Gasteiger partial charge on any atom is 0.359 e. The number of nitrogens with one attached hydrogen (secondary N) is 1. The van der Waals surface area contributed by atoms with Crippen LogP contribution in [-0.2, 0) is 10.2 Å². The number of fused-ring (bicyclic) bond motifs is 1. The number of carbonyl (C=O) groups is 1. The van der Waals surface area contributed by atoms with E-state index in [-0.39, 0.29) is 17.7 Å². The van der Waals surface area contributed by atoms with Crippen LogP contribution in [0.4, 0.5) is 0 Å². The van der Waals surface area contributed by atoms with E-state index in [1.807, 2.05) is 48.5 Å². The number of carbonyl (C=O) groups excluding carboxylic acids is 1. The molecule has 32 heavy (non-hydrogen) atoms. The Hall–Kier alpha value is -3.38. The summed E-state index contributed by atoms with van der Waals surface area (Å²) in [6, 6.07) is 24.7. The first kappa shape index (κ1) is 21.8. The molecule has 0 aliphatic heterocycles. The molecule has 164 valence electrons. The molecule has 0 amide bonds. The lowest BCUT2D eigenvalue weighted by Gasteiger charge is -2.23. The fourth-order valence-corrected chi connectivity index (χ4v) is 5.94. The normalized spacial score (nSPS) is 11.7. The lowest BCUT2D eigenvalue weighted by molar-refractivity contribution is 0.0521. The van der Waals surface area contributed by atoms with Gasteiger partial charge in [0.25, 0.3) is 9.04 Å². The summed E-state index contributed by atoms with van der Waals surface area (Å²) in [5.41, 5.74) is 2.03. The third-order valence-corrected chi connectivity index (χ3v) is 7.88. The molecule has 4 aromatic rings. The number of aromatic amines is 1. The maximum absolute atomic E-state index is 12.6. The van der Waals surface area contributed by atoms with Crippen LogP contribution in [0.2, 0.25) is 0 Å². The monoisotopic (exact) mass is 444 g/mol. The summed E-state index contributed by atoms with van der Waals surface area (Å²) < 4.78 is 12.1. The topological polar surface area (TPSA) is 64.2 Å². The smallest absolute Gasteiger partial charge is 0.359 e. The number of benzene rings is 3. The second-order valence-electron chi connectivity index (χ2n) is 8.76. The number of rotatable bonds is 6. The zero-order chi connectivity index (χ0) is 22.7. The second kappa shape index (κ2) is 9.00. The van der Waals surface area contributed by atoms with Gasteiger partial charge in [0, 0.05) is 0 Å². The highest BCUT2D eigenvalue weighted by molar-refractivity contribution is 6.80. The van der Waals surface area contributed by atoms with Crippen molar-refractivity contribution in [1.29, 1.82) is 0 Å². The number of aromatic nitrogens is 2. The summed E-state index contributed by atoms with van der Waals surface area (Å²) in [6.45, 7) is 8.54. The van der Waals surface area contributed by atoms with Gasteiger partial charge in [-0.25, -0.2) is 4.79 Å². The highest BCUT2D eigenvalue weighted by Crippen LogP contribution is 2.35. The van der Waals surface area contributed by atoms with Gasteiger partial charge in [0.1, 0.15) is 5.75 Å². The van der Waals surface area contributed by atoms with Gasteiger partial charge in [-0.3, -0.25) is 5.10 Å². The molecular weight excluding hydrogens is 416 g/mol. The van der Waals surface area contributed by atoms with Crippen molar-refractivity contribution in [2.24, 2.45) is 0 Å². The van der Waals surface area contributed by atoms with Crippen LogP contribution in [0.1, 0.15) is 43.7 Å². The van der Waals surface area contributed by atoms with E-state index in [1.54, 1.807) is 6.92 Å².